The molecular weight excluding hydrogens is 268 g/mol. The van der Waals surface area contributed by atoms with Crippen LogP contribution in [0.5, 0.6) is 0 Å². The van der Waals surface area contributed by atoms with Crippen LogP contribution in [0.3, 0.4) is 0 Å². The van der Waals surface area contributed by atoms with Crippen molar-refractivity contribution >= 4 is 11.9 Å². The first kappa shape index (κ1) is 18.0. The first-order valence-electron chi connectivity index (χ1n) is 8.34. The van der Waals surface area contributed by atoms with Gasteiger partial charge in [-0.3, -0.25) is 4.79 Å². The highest BCUT2D eigenvalue weighted by Crippen LogP contribution is 2.18. The Morgan fingerprint density at radius 1 is 1.14 bits per heavy atom. The smallest absolute Gasteiger partial charge is 0.326 e. The summed E-state index contributed by atoms with van der Waals surface area (Å²) in [4.78, 5) is 27.4. The molecule has 122 valence electrons. The van der Waals surface area contributed by atoms with Gasteiger partial charge in [0.05, 0.1) is 0 Å². The van der Waals surface area contributed by atoms with E-state index in [1.165, 1.54) is 0 Å². The molecular formula is C16H30N2O3. The third kappa shape index (κ3) is 6.04. The van der Waals surface area contributed by atoms with Crippen LogP contribution < -0.4 is 0 Å². The molecule has 1 fully saturated rings. The molecule has 0 aromatic heterocycles. The van der Waals surface area contributed by atoms with Gasteiger partial charge >= 0.3 is 5.97 Å². The van der Waals surface area contributed by atoms with Crippen LogP contribution >= 0.6 is 0 Å². The summed E-state index contributed by atoms with van der Waals surface area (Å²) in [5, 5.41) is 9.21. The van der Waals surface area contributed by atoms with E-state index in [1.54, 1.807) is 4.90 Å². The van der Waals surface area contributed by atoms with Gasteiger partial charge in [-0.15, -0.1) is 0 Å². The zero-order valence-corrected chi connectivity index (χ0v) is 13.5. The van der Waals surface area contributed by atoms with E-state index in [4.69, 9.17) is 0 Å². The van der Waals surface area contributed by atoms with Crippen LogP contribution in [0.1, 0.15) is 58.8 Å². The van der Waals surface area contributed by atoms with E-state index in [2.05, 4.69) is 18.7 Å². The standard InChI is InChI=1S/C16H30N2O3/c1-3-10-17(11-4-2)12-7-9-15(19)18-13-6-5-8-14(18)16(20)21/h14H,3-13H2,1-2H3,(H,20,21). The Morgan fingerprint density at radius 2 is 1.81 bits per heavy atom. The maximum Gasteiger partial charge on any atom is 0.326 e. The van der Waals surface area contributed by atoms with Crippen molar-refractivity contribution in [1.82, 2.24) is 9.80 Å². The number of hydrogen-bond donors (Lipinski definition) is 1. The van der Waals surface area contributed by atoms with Crippen LogP contribution in [0.4, 0.5) is 0 Å². The largest absolute Gasteiger partial charge is 0.480 e. The van der Waals surface area contributed by atoms with Crippen LogP contribution in [0.15, 0.2) is 0 Å². The molecule has 1 heterocycles. The lowest BCUT2D eigenvalue weighted by Crippen LogP contribution is -2.48. The van der Waals surface area contributed by atoms with Crippen molar-refractivity contribution in [3.8, 4) is 0 Å². The molecule has 1 aliphatic rings. The molecule has 1 amide bonds. The van der Waals surface area contributed by atoms with Crippen molar-refractivity contribution in [2.45, 2.75) is 64.8 Å². The molecule has 0 bridgehead atoms. The van der Waals surface area contributed by atoms with Crippen molar-refractivity contribution < 1.29 is 14.7 Å². The van der Waals surface area contributed by atoms with E-state index in [1.807, 2.05) is 0 Å². The van der Waals surface area contributed by atoms with Gasteiger partial charge in [0, 0.05) is 13.0 Å². The van der Waals surface area contributed by atoms with Gasteiger partial charge in [-0.25, -0.2) is 4.79 Å². The molecule has 0 aliphatic carbocycles. The Balaban J connectivity index is 2.39. The summed E-state index contributed by atoms with van der Waals surface area (Å²) in [6, 6.07) is -0.603. The highest BCUT2D eigenvalue weighted by atomic mass is 16.4. The highest BCUT2D eigenvalue weighted by Gasteiger charge is 2.31. The minimum absolute atomic E-state index is 0.00930. The lowest BCUT2D eigenvalue weighted by atomic mass is 10.0. The Labute approximate surface area is 128 Å². The third-order valence-electron chi connectivity index (χ3n) is 4.05. The number of hydrogen-bond acceptors (Lipinski definition) is 3. The molecule has 1 saturated heterocycles. The zero-order valence-electron chi connectivity index (χ0n) is 13.5. The normalized spacial score (nSPS) is 19.0. The molecule has 0 spiro atoms. The van der Waals surface area contributed by atoms with Crippen molar-refractivity contribution in [3.05, 3.63) is 0 Å². The Bertz CT molecular complexity index is 327. The van der Waals surface area contributed by atoms with E-state index < -0.39 is 12.0 Å². The molecule has 1 atom stereocenters. The number of piperidine rings is 1. The predicted molar refractivity (Wildman–Crippen MR) is 83.2 cm³/mol. The number of carboxylic acids is 1. The molecule has 1 aliphatic heterocycles. The van der Waals surface area contributed by atoms with Crippen molar-refractivity contribution in [3.63, 3.8) is 0 Å². The average Bonchev–Trinajstić information content (AvgIpc) is 2.47. The Kier molecular flexibility index (Phi) is 8.35. The van der Waals surface area contributed by atoms with E-state index in [-0.39, 0.29) is 5.91 Å². The molecule has 21 heavy (non-hydrogen) atoms. The van der Waals surface area contributed by atoms with Crippen molar-refractivity contribution in [2.75, 3.05) is 26.2 Å². The molecule has 5 nitrogen and oxygen atoms in total. The van der Waals surface area contributed by atoms with E-state index in [0.717, 1.165) is 51.7 Å². The Hall–Kier alpha value is -1.10. The summed E-state index contributed by atoms with van der Waals surface area (Å²) in [5.41, 5.74) is 0. The van der Waals surface area contributed by atoms with Crippen LogP contribution in [-0.4, -0.2) is 59.0 Å². The quantitative estimate of drug-likeness (QED) is 0.710. The molecule has 0 aromatic carbocycles. The van der Waals surface area contributed by atoms with E-state index >= 15 is 0 Å². The fourth-order valence-corrected chi connectivity index (χ4v) is 3.05. The molecule has 0 saturated carbocycles. The lowest BCUT2D eigenvalue weighted by Gasteiger charge is -2.33. The minimum atomic E-state index is -0.860. The molecule has 0 aromatic rings. The fourth-order valence-electron chi connectivity index (χ4n) is 3.05. The third-order valence-corrected chi connectivity index (χ3v) is 4.05. The topological polar surface area (TPSA) is 60.9 Å². The SMILES string of the molecule is CCCN(CCC)CCCC(=O)N1CCCCC1C(=O)O. The van der Waals surface area contributed by atoms with E-state index in [9.17, 15) is 14.7 Å². The van der Waals surface area contributed by atoms with Gasteiger partial charge < -0.3 is 14.9 Å². The second-order valence-electron chi connectivity index (χ2n) is 5.88. The van der Waals surface area contributed by atoms with Crippen molar-refractivity contribution in [1.29, 1.82) is 0 Å². The van der Waals surface area contributed by atoms with Crippen LogP contribution in [0.25, 0.3) is 0 Å². The van der Waals surface area contributed by atoms with E-state index in [0.29, 0.717) is 19.4 Å². The summed E-state index contributed by atoms with van der Waals surface area (Å²) in [5.74, 6) is -0.850. The second kappa shape index (κ2) is 9.77. The van der Waals surface area contributed by atoms with Crippen LogP contribution in [0.2, 0.25) is 0 Å². The van der Waals surface area contributed by atoms with Gasteiger partial charge in [0.2, 0.25) is 5.91 Å². The lowest BCUT2D eigenvalue weighted by molar-refractivity contribution is -0.152. The fraction of sp³-hybridized carbons (Fsp3) is 0.875. The average molecular weight is 298 g/mol. The second-order valence-corrected chi connectivity index (χ2v) is 5.88. The summed E-state index contributed by atoms with van der Waals surface area (Å²) >= 11 is 0. The van der Waals surface area contributed by atoms with Gasteiger partial charge in [-0.1, -0.05) is 13.8 Å². The number of rotatable bonds is 9. The molecule has 5 heteroatoms. The zero-order chi connectivity index (χ0) is 15.7. The number of carbonyl (C=O) groups excluding carboxylic acids is 1. The van der Waals surface area contributed by atoms with Gasteiger partial charge in [-0.2, -0.15) is 0 Å². The highest BCUT2D eigenvalue weighted by molar-refractivity contribution is 5.83. The van der Waals surface area contributed by atoms with Crippen molar-refractivity contribution in [2.24, 2.45) is 0 Å². The van der Waals surface area contributed by atoms with Gasteiger partial charge in [0.15, 0.2) is 0 Å². The molecule has 1 unspecified atom stereocenters. The molecule has 1 N–H and O–H groups in total. The summed E-state index contributed by atoms with van der Waals surface area (Å²) < 4.78 is 0. The number of carbonyl (C=O) groups is 2. The first-order valence-corrected chi connectivity index (χ1v) is 8.34. The van der Waals surface area contributed by atoms with Crippen LogP contribution in [-0.2, 0) is 9.59 Å². The number of aliphatic carboxylic acids is 1. The van der Waals surface area contributed by atoms with Gasteiger partial charge in [-0.05, 0) is 58.2 Å². The van der Waals surface area contributed by atoms with Crippen LogP contribution in [0, 0.1) is 0 Å². The number of amides is 1. The molecule has 1 rings (SSSR count). The summed E-state index contributed by atoms with van der Waals surface area (Å²) in [7, 11) is 0. The summed E-state index contributed by atoms with van der Waals surface area (Å²) in [6.07, 6.45) is 5.96. The minimum Gasteiger partial charge on any atom is -0.480 e. The van der Waals surface area contributed by atoms with Gasteiger partial charge in [0.25, 0.3) is 0 Å². The maximum absolute atomic E-state index is 12.3. The maximum atomic E-state index is 12.3. The summed E-state index contributed by atoms with van der Waals surface area (Å²) in [6.45, 7) is 8.01. The number of likely N-dealkylation sites (tertiary alicyclic amines) is 1. The molecule has 0 radical (unpaired) electrons. The number of carboxylic acid groups (broad SMARTS) is 1. The monoisotopic (exact) mass is 298 g/mol. The number of nitrogens with zero attached hydrogens (tertiary/aromatic N) is 2. The predicted octanol–water partition coefficient (Wildman–Crippen LogP) is 2.35. The van der Waals surface area contributed by atoms with Gasteiger partial charge in [0.1, 0.15) is 6.04 Å². The first-order chi connectivity index (χ1) is 10.1. The Morgan fingerprint density at radius 3 is 2.38 bits per heavy atom.